The van der Waals surface area contributed by atoms with Crippen molar-refractivity contribution < 1.29 is 43.5 Å². The zero-order valence-corrected chi connectivity index (χ0v) is 18.6. The Bertz CT molecular complexity index is 885. The van der Waals surface area contributed by atoms with Crippen molar-refractivity contribution in [2.75, 3.05) is 11.9 Å². The van der Waals surface area contributed by atoms with Gasteiger partial charge in [-0.3, -0.25) is 9.88 Å². The number of aromatic nitrogens is 2. The fraction of sp³-hybridized carbons (Fsp3) is 0.750. The summed E-state index contributed by atoms with van der Waals surface area (Å²) in [4.78, 5) is 27.8. The van der Waals surface area contributed by atoms with Crippen LogP contribution in [0.3, 0.4) is 0 Å². The molecular weight excluding hydrogens is 445 g/mol. The lowest BCUT2D eigenvalue weighted by atomic mass is 10.1. The molecule has 0 aromatic carbocycles. The minimum atomic E-state index is -1.45. The number of nitrogens with zero attached hydrogens (tertiary/aromatic N) is 2. The summed E-state index contributed by atoms with van der Waals surface area (Å²) < 4.78 is 36.7. The molecule has 3 rings (SSSR count). The molecule has 0 saturated carbocycles. The van der Waals surface area contributed by atoms with Gasteiger partial charge in [-0.1, -0.05) is 19.8 Å². The SMILES string of the molecule is CCCCCOC(=O)Nc1nc(=O)n([C@@H]2O[C@H](C)[C@@H](O[C@H]3O[C@H](C)[C@@H](O)[C@H]3O)[C@H]2O)cc1F. The van der Waals surface area contributed by atoms with Gasteiger partial charge in [0.1, 0.15) is 24.4 Å². The molecule has 1 aromatic rings. The fourth-order valence-electron chi connectivity index (χ4n) is 3.68. The second-order valence-corrected chi connectivity index (χ2v) is 8.11. The van der Waals surface area contributed by atoms with Crippen molar-refractivity contribution >= 4 is 11.9 Å². The molecule has 1 aromatic heterocycles. The molecule has 0 radical (unpaired) electrons. The van der Waals surface area contributed by atoms with Crippen molar-refractivity contribution in [3.63, 3.8) is 0 Å². The molecule has 3 heterocycles. The van der Waals surface area contributed by atoms with Crippen LogP contribution < -0.4 is 11.0 Å². The van der Waals surface area contributed by atoms with E-state index < -0.39 is 72.6 Å². The lowest BCUT2D eigenvalue weighted by Crippen LogP contribution is -2.42. The van der Waals surface area contributed by atoms with Crippen molar-refractivity contribution in [3.8, 4) is 0 Å². The van der Waals surface area contributed by atoms with E-state index in [1.807, 2.05) is 6.92 Å². The largest absolute Gasteiger partial charge is 0.449 e. The zero-order chi connectivity index (χ0) is 24.3. The molecule has 2 fully saturated rings. The third kappa shape index (κ3) is 5.67. The maximum atomic E-state index is 14.5. The van der Waals surface area contributed by atoms with Crippen molar-refractivity contribution in [1.82, 2.24) is 9.55 Å². The molecule has 2 saturated heterocycles. The van der Waals surface area contributed by atoms with Gasteiger partial charge in [0.05, 0.1) is 25.0 Å². The van der Waals surface area contributed by atoms with Crippen molar-refractivity contribution in [2.24, 2.45) is 0 Å². The Labute approximate surface area is 189 Å². The first-order valence-corrected chi connectivity index (χ1v) is 10.9. The lowest BCUT2D eigenvalue weighted by Gasteiger charge is -2.24. The number of rotatable bonds is 8. The number of nitrogens with one attached hydrogen (secondary N) is 1. The predicted molar refractivity (Wildman–Crippen MR) is 110 cm³/mol. The molecule has 0 spiro atoms. The maximum Gasteiger partial charge on any atom is 0.412 e. The second kappa shape index (κ2) is 10.8. The van der Waals surface area contributed by atoms with E-state index in [0.717, 1.165) is 23.6 Å². The number of halogens is 1. The Morgan fingerprint density at radius 3 is 2.55 bits per heavy atom. The van der Waals surface area contributed by atoms with Crippen LogP contribution in [0.5, 0.6) is 0 Å². The Morgan fingerprint density at radius 2 is 1.91 bits per heavy atom. The highest BCUT2D eigenvalue weighted by Crippen LogP contribution is 2.33. The minimum Gasteiger partial charge on any atom is -0.449 e. The fourth-order valence-corrected chi connectivity index (χ4v) is 3.68. The van der Waals surface area contributed by atoms with E-state index in [1.165, 1.54) is 0 Å². The van der Waals surface area contributed by atoms with Crippen LogP contribution in [0.25, 0.3) is 0 Å². The smallest absolute Gasteiger partial charge is 0.412 e. The molecule has 0 unspecified atom stereocenters. The minimum absolute atomic E-state index is 0.148. The molecule has 12 nitrogen and oxygen atoms in total. The van der Waals surface area contributed by atoms with E-state index in [9.17, 15) is 29.3 Å². The molecule has 2 aliphatic heterocycles. The van der Waals surface area contributed by atoms with Gasteiger partial charge in [-0.15, -0.1) is 0 Å². The van der Waals surface area contributed by atoms with Gasteiger partial charge in [-0.05, 0) is 20.3 Å². The summed E-state index contributed by atoms with van der Waals surface area (Å²) in [5.41, 5.74) is -0.990. The third-order valence-corrected chi connectivity index (χ3v) is 5.58. The number of hydrogen-bond acceptors (Lipinski definition) is 10. The number of carbonyl (C=O) groups is 1. The van der Waals surface area contributed by atoms with Crippen molar-refractivity contribution in [2.45, 2.75) is 89.2 Å². The molecule has 2 aliphatic rings. The monoisotopic (exact) mass is 475 g/mol. The molecule has 8 atom stereocenters. The Balaban J connectivity index is 1.67. The molecule has 4 N–H and O–H groups in total. The number of hydrogen-bond donors (Lipinski definition) is 4. The van der Waals surface area contributed by atoms with E-state index in [2.05, 4.69) is 10.3 Å². The van der Waals surface area contributed by atoms with Gasteiger partial charge in [0.25, 0.3) is 0 Å². The molecular formula is C20H30FN3O9. The summed E-state index contributed by atoms with van der Waals surface area (Å²) in [5.74, 6) is -1.66. The average molecular weight is 475 g/mol. The van der Waals surface area contributed by atoms with Crippen LogP contribution in [0, 0.1) is 5.82 Å². The molecule has 0 bridgehead atoms. The Morgan fingerprint density at radius 1 is 1.18 bits per heavy atom. The van der Waals surface area contributed by atoms with E-state index in [0.29, 0.717) is 6.42 Å². The number of carbonyl (C=O) groups excluding carboxylic acids is 1. The predicted octanol–water partition coefficient (Wildman–Crippen LogP) is 0.251. The maximum absolute atomic E-state index is 14.5. The van der Waals surface area contributed by atoms with Gasteiger partial charge in [0.2, 0.25) is 0 Å². The highest BCUT2D eigenvalue weighted by atomic mass is 19.1. The third-order valence-electron chi connectivity index (χ3n) is 5.58. The van der Waals surface area contributed by atoms with Crippen LogP contribution in [0.4, 0.5) is 15.0 Å². The number of anilines is 1. The van der Waals surface area contributed by atoms with Gasteiger partial charge in [0, 0.05) is 0 Å². The number of aliphatic hydroxyl groups is 3. The van der Waals surface area contributed by atoms with Gasteiger partial charge in [-0.2, -0.15) is 4.98 Å². The summed E-state index contributed by atoms with van der Waals surface area (Å²) in [6.45, 7) is 5.24. The molecule has 13 heteroatoms. The van der Waals surface area contributed by atoms with Crippen LogP contribution >= 0.6 is 0 Å². The Hall–Kier alpha value is -2.16. The summed E-state index contributed by atoms with van der Waals surface area (Å²) in [6.07, 6.45) is -6.79. The summed E-state index contributed by atoms with van der Waals surface area (Å²) >= 11 is 0. The van der Waals surface area contributed by atoms with Crippen LogP contribution in [0.15, 0.2) is 11.0 Å². The highest BCUT2D eigenvalue weighted by Gasteiger charge is 2.49. The quantitative estimate of drug-likeness (QED) is 0.384. The number of aliphatic hydroxyl groups excluding tert-OH is 3. The first-order chi connectivity index (χ1) is 15.6. The first kappa shape index (κ1) is 25.5. The van der Waals surface area contributed by atoms with E-state index in [-0.39, 0.29) is 6.61 Å². The van der Waals surface area contributed by atoms with Crippen LogP contribution in [-0.4, -0.2) is 80.5 Å². The molecule has 1 amide bonds. The average Bonchev–Trinajstić information content (AvgIpc) is 3.18. The van der Waals surface area contributed by atoms with Crippen LogP contribution in [-0.2, 0) is 18.9 Å². The van der Waals surface area contributed by atoms with E-state index >= 15 is 0 Å². The summed E-state index contributed by atoms with van der Waals surface area (Å²) in [5, 5.41) is 32.6. The van der Waals surface area contributed by atoms with Crippen molar-refractivity contribution in [3.05, 3.63) is 22.5 Å². The van der Waals surface area contributed by atoms with E-state index in [4.69, 9.17) is 18.9 Å². The van der Waals surface area contributed by atoms with Crippen molar-refractivity contribution in [1.29, 1.82) is 0 Å². The summed E-state index contributed by atoms with van der Waals surface area (Å²) in [6, 6.07) is 0. The number of amides is 1. The highest BCUT2D eigenvalue weighted by molar-refractivity contribution is 5.83. The standard InChI is InChI=1S/C20H30FN3O9/c1-4-5-6-7-30-20(29)23-16-11(21)8-24(19(28)22-16)17-14(27)15(10(3)31-17)33-18-13(26)12(25)9(2)32-18/h8-10,12-15,17-18,25-27H,4-7H2,1-3H3,(H,22,23,28,29)/t9-,10-,12-,13-,14-,15-,17-,18-/m1/s1. The molecule has 33 heavy (non-hydrogen) atoms. The van der Waals surface area contributed by atoms with Crippen LogP contribution in [0.1, 0.15) is 46.3 Å². The number of ether oxygens (including phenoxy) is 4. The molecule has 0 aliphatic carbocycles. The first-order valence-electron chi connectivity index (χ1n) is 10.9. The lowest BCUT2D eigenvalue weighted by molar-refractivity contribution is -0.207. The van der Waals surface area contributed by atoms with Gasteiger partial charge < -0.3 is 34.3 Å². The second-order valence-electron chi connectivity index (χ2n) is 8.11. The topological polar surface area (TPSA) is 162 Å². The normalized spacial score (nSPS) is 33.9. The summed E-state index contributed by atoms with van der Waals surface area (Å²) in [7, 11) is 0. The number of unbranched alkanes of at least 4 members (excludes halogenated alkanes) is 2. The van der Waals surface area contributed by atoms with E-state index in [1.54, 1.807) is 13.8 Å². The van der Waals surface area contributed by atoms with Crippen LogP contribution in [0.2, 0.25) is 0 Å². The van der Waals surface area contributed by atoms with Gasteiger partial charge in [-0.25, -0.2) is 14.0 Å². The zero-order valence-electron chi connectivity index (χ0n) is 18.6. The Kier molecular flexibility index (Phi) is 8.37. The molecule has 186 valence electrons. The van der Waals surface area contributed by atoms with Gasteiger partial charge >= 0.3 is 11.8 Å². The van der Waals surface area contributed by atoms with Gasteiger partial charge in [0.15, 0.2) is 24.2 Å².